The van der Waals surface area contributed by atoms with Crippen LogP contribution in [-0.4, -0.2) is 9.78 Å². The normalized spacial score (nSPS) is 40.2. The maximum absolute atomic E-state index is 6.73. The Kier molecular flexibility index (Phi) is 3.13. The Labute approximate surface area is 121 Å². The van der Waals surface area contributed by atoms with Crippen LogP contribution in [0.2, 0.25) is 0 Å². The number of nitrogens with zero attached hydrogens (tertiary/aromatic N) is 2. The van der Waals surface area contributed by atoms with Crippen LogP contribution < -0.4 is 5.73 Å². The van der Waals surface area contributed by atoms with Gasteiger partial charge in [0.25, 0.3) is 0 Å². The molecule has 3 heteroatoms. The fourth-order valence-electron chi connectivity index (χ4n) is 5.78. The van der Waals surface area contributed by atoms with Crippen molar-refractivity contribution in [2.24, 2.45) is 35.3 Å². The summed E-state index contributed by atoms with van der Waals surface area (Å²) >= 11 is 0. The Hall–Kier alpha value is -0.830. The molecule has 4 fully saturated rings. The molecule has 1 aromatic heterocycles. The van der Waals surface area contributed by atoms with Gasteiger partial charge in [0, 0.05) is 12.7 Å². The Morgan fingerprint density at radius 3 is 2.45 bits per heavy atom. The zero-order valence-corrected chi connectivity index (χ0v) is 12.5. The highest BCUT2D eigenvalue weighted by Crippen LogP contribution is 2.58. The fourth-order valence-corrected chi connectivity index (χ4v) is 5.78. The van der Waals surface area contributed by atoms with Gasteiger partial charge in [-0.2, -0.15) is 5.10 Å². The van der Waals surface area contributed by atoms with Crippen LogP contribution in [0.15, 0.2) is 12.3 Å². The monoisotopic (exact) mass is 273 g/mol. The molecule has 110 valence electrons. The second kappa shape index (κ2) is 4.87. The van der Waals surface area contributed by atoms with Crippen molar-refractivity contribution in [2.45, 2.75) is 58.0 Å². The Bertz CT molecular complexity index is 450. The van der Waals surface area contributed by atoms with Crippen LogP contribution in [0.5, 0.6) is 0 Å². The average molecular weight is 273 g/mol. The van der Waals surface area contributed by atoms with E-state index in [0.717, 1.165) is 42.6 Å². The minimum absolute atomic E-state index is 0.207. The Morgan fingerprint density at radius 1 is 1.20 bits per heavy atom. The molecule has 0 aliphatic heterocycles. The minimum Gasteiger partial charge on any atom is -0.322 e. The molecule has 4 saturated carbocycles. The van der Waals surface area contributed by atoms with Crippen molar-refractivity contribution in [2.75, 3.05) is 0 Å². The smallest absolute Gasteiger partial charge is 0.0554 e. The third-order valence-corrected chi connectivity index (χ3v) is 6.24. The average Bonchev–Trinajstić information content (AvgIpc) is 2.86. The Balaban J connectivity index is 1.59. The third-order valence-electron chi connectivity index (χ3n) is 6.24. The van der Waals surface area contributed by atoms with Gasteiger partial charge in [-0.05, 0) is 74.2 Å². The first-order valence-electron chi connectivity index (χ1n) is 8.53. The maximum atomic E-state index is 6.73. The number of hydrogen-bond acceptors (Lipinski definition) is 2. The molecule has 0 aromatic carbocycles. The first-order valence-corrected chi connectivity index (χ1v) is 8.53. The molecular weight excluding hydrogens is 246 g/mol. The van der Waals surface area contributed by atoms with E-state index in [0.29, 0.717) is 0 Å². The van der Waals surface area contributed by atoms with E-state index in [1.54, 1.807) is 0 Å². The van der Waals surface area contributed by atoms with Crippen LogP contribution in [0.1, 0.15) is 57.2 Å². The lowest BCUT2D eigenvalue weighted by Crippen LogP contribution is -2.49. The van der Waals surface area contributed by atoms with Gasteiger partial charge >= 0.3 is 0 Å². The van der Waals surface area contributed by atoms with Crippen LogP contribution in [0.3, 0.4) is 0 Å². The molecule has 4 bridgehead atoms. The molecule has 1 heterocycles. The molecule has 0 amide bonds. The molecule has 1 unspecified atom stereocenters. The summed E-state index contributed by atoms with van der Waals surface area (Å²) in [4.78, 5) is 0. The van der Waals surface area contributed by atoms with E-state index in [4.69, 9.17) is 5.73 Å². The fraction of sp³-hybridized carbons (Fsp3) is 0.824. The largest absolute Gasteiger partial charge is 0.322 e. The van der Waals surface area contributed by atoms with E-state index in [-0.39, 0.29) is 6.04 Å². The Morgan fingerprint density at radius 2 is 1.85 bits per heavy atom. The van der Waals surface area contributed by atoms with E-state index in [1.807, 2.05) is 6.20 Å². The number of aryl methyl sites for hydroxylation is 1. The lowest BCUT2D eigenvalue weighted by molar-refractivity contribution is -0.0481. The second-order valence-electron chi connectivity index (χ2n) is 7.51. The number of aromatic nitrogens is 2. The maximum Gasteiger partial charge on any atom is 0.0554 e. The molecule has 0 radical (unpaired) electrons. The molecule has 0 saturated heterocycles. The van der Waals surface area contributed by atoms with E-state index in [2.05, 4.69) is 22.8 Å². The second-order valence-corrected chi connectivity index (χ2v) is 7.51. The van der Waals surface area contributed by atoms with Gasteiger partial charge in [-0.1, -0.05) is 6.92 Å². The summed E-state index contributed by atoms with van der Waals surface area (Å²) in [5, 5.41) is 4.48. The molecule has 20 heavy (non-hydrogen) atoms. The van der Waals surface area contributed by atoms with Crippen LogP contribution in [0.25, 0.3) is 0 Å². The number of rotatable bonds is 4. The molecule has 3 nitrogen and oxygen atoms in total. The highest BCUT2D eigenvalue weighted by atomic mass is 15.3. The van der Waals surface area contributed by atoms with Crippen molar-refractivity contribution in [3.63, 3.8) is 0 Å². The van der Waals surface area contributed by atoms with E-state index in [9.17, 15) is 0 Å². The van der Waals surface area contributed by atoms with Crippen LogP contribution >= 0.6 is 0 Å². The van der Waals surface area contributed by atoms with Gasteiger partial charge in [-0.3, -0.25) is 4.68 Å². The van der Waals surface area contributed by atoms with Crippen LogP contribution in [0, 0.1) is 29.6 Å². The van der Waals surface area contributed by atoms with E-state index >= 15 is 0 Å². The lowest BCUT2D eigenvalue weighted by Gasteiger charge is -2.56. The van der Waals surface area contributed by atoms with Crippen LogP contribution in [-0.2, 0) is 6.54 Å². The van der Waals surface area contributed by atoms with Gasteiger partial charge < -0.3 is 5.73 Å². The summed E-state index contributed by atoms with van der Waals surface area (Å²) in [5.74, 6) is 4.57. The van der Waals surface area contributed by atoms with Crippen molar-refractivity contribution in [3.05, 3.63) is 18.0 Å². The molecule has 5 rings (SSSR count). The minimum atomic E-state index is 0.207. The topological polar surface area (TPSA) is 43.8 Å². The van der Waals surface area contributed by atoms with Crippen molar-refractivity contribution in [3.8, 4) is 0 Å². The quantitative estimate of drug-likeness (QED) is 0.914. The molecule has 4 aliphatic rings. The predicted molar refractivity (Wildman–Crippen MR) is 80.0 cm³/mol. The van der Waals surface area contributed by atoms with Crippen molar-refractivity contribution < 1.29 is 0 Å². The summed E-state index contributed by atoms with van der Waals surface area (Å²) in [6.45, 7) is 3.21. The summed E-state index contributed by atoms with van der Waals surface area (Å²) in [7, 11) is 0. The highest BCUT2D eigenvalue weighted by molar-refractivity contribution is 5.12. The first-order chi connectivity index (χ1) is 9.76. The molecule has 1 atom stereocenters. The van der Waals surface area contributed by atoms with Crippen molar-refractivity contribution >= 4 is 0 Å². The van der Waals surface area contributed by atoms with Crippen molar-refractivity contribution in [1.29, 1.82) is 0 Å². The van der Waals surface area contributed by atoms with Gasteiger partial charge in [0.1, 0.15) is 0 Å². The highest BCUT2D eigenvalue weighted by Gasteiger charge is 2.50. The summed E-state index contributed by atoms with van der Waals surface area (Å²) in [6.07, 6.45) is 10.4. The van der Waals surface area contributed by atoms with Gasteiger partial charge in [0.2, 0.25) is 0 Å². The SMILES string of the molecule is CCCn1nccc1C(N)C1C2CC3CC(C2)CC1C3. The van der Waals surface area contributed by atoms with Gasteiger partial charge in [-0.15, -0.1) is 0 Å². The van der Waals surface area contributed by atoms with Gasteiger partial charge in [0.15, 0.2) is 0 Å². The van der Waals surface area contributed by atoms with Gasteiger partial charge in [0.05, 0.1) is 11.7 Å². The predicted octanol–water partition coefficient (Wildman–Crippen LogP) is 3.37. The summed E-state index contributed by atoms with van der Waals surface area (Å²) in [6, 6.07) is 2.37. The number of nitrogens with two attached hydrogens (primary N) is 1. The zero-order chi connectivity index (χ0) is 13.7. The molecule has 4 aliphatic carbocycles. The third kappa shape index (κ3) is 1.93. The van der Waals surface area contributed by atoms with Gasteiger partial charge in [-0.25, -0.2) is 0 Å². The molecule has 0 spiro atoms. The van der Waals surface area contributed by atoms with E-state index < -0.39 is 0 Å². The van der Waals surface area contributed by atoms with E-state index in [1.165, 1.54) is 37.8 Å². The van der Waals surface area contributed by atoms with Crippen molar-refractivity contribution in [1.82, 2.24) is 9.78 Å². The molecule has 2 N–H and O–H groups in total. The summed E-state index contributed by atoms with van der Waals surface area (Å²) in [5.41, 5.74) is 8.02. The molecular formula is C17H27N3. The zero-order valence-electron chi connectivity index (χ0n) is 12.5. The molecule has 1 aromatic rings. The lowest BCUT2D eigenvalue weighted by atomic mass is 9.50. The first kappa shape index (κ1) is 12.9. The standard InChI is InChI=1S/C17H27N3/c1-2-5-20-15(3-4-19-20)17(18)16-13-7-11-6-12(9-13)10-14(16)8-11/h3-4,11-14,16-17H,2,5-10,18H2,1H3. The summed E-state index contributed by atoms with van der Waals surface area (Å²) < 4.78 is 2.15. The van der Waals surface area contributed by atoms with Crippen LogP contribution in [0.4, 0.5) is 0 Å². The number of hydrogen-bond donors (Lipinski definition) is 1.